The third-order valence-electron chi connectivity index (χ3n) is 2.69. The van der Waals surface area contributed by atoms with Crippen molar-refractivity contribution < 1.29 is 14.2 Å². The minimum Gasteiger partial charge on any atom is -0.491 e. The number of hydrogen-bond donors (Lipinski definition) is 1. The molecule has 1 aromatic rings. The van der Waals surface area contributed by atoms with E-state index in [4.69, 9.17) is 19.9 Å². The Kier molecular flexibility index (Phi) is 9.06. The zero-order valence-electron chi connectivity index (χ0n) is 11.8. The molecule has 0 saturated carbocycles. The Morgan fingerprint density at radius 3 is 2.37 bits per heavy atom. The standard InChI is InChI=1S/C15H25NO3/c1-2-3-8-17-9-10-18-11-12-19-15-7-5-4-6-14(15)13-16/h4-7H,2-3,8-13,16H2,1H3. The summed E-state index contributed by atoms with van der Waals surface area (Å²) in [5.41, 5.74) is 6.65. The van der Waals surface area contributed by atoms with Crippen LogP contribution in [0, 0.1) is 0 Å². The molecule has 0 aromatic heterocycles. The fraction of sp³-hybridized carbons (Fsp3) is 0.600. The number of hydrogen-bond acceptors (Lipinski definition) is 4. The second kappa shape index (κ2) is 10.8. The zero-order valence-corrected chi connectivity index (χ0v) is 11.8. The van der Waals surface area contributed by atoms with Gasteiger partial charge in [-0.05, 0) is 12.5 Å². The molecule has 0 heterocycles. The van der Waals surface area contributed by atoms with Crippen molar-refractivity contribution in [2.24, 2.45) is 5.73 Å². The number of nitrogens with two attached hydrogens (primary N) is 1. The third kappa shape index (κ3) is 7.15. The Balaban J connectivity index is 2.01. The molecule has 2 N–H and O–H groups in total. The number of rotatable bonds is 11. The molecular weight excluding hydrogens is 242 g/mol. The van der Waals surface area contributed by atoms with Crippen molar-refractivity contribution in [3.8, 4) is 5.75 Å². The fourth-order valence-electron chi connectivity index (χ4n) is 1.59. The molecule has 0 unspecified atom stereocenters. The lowest BCUT2D eigenvalue weighted by atomic mass is 10.2. The second-order valence-corrected chi connectivity index (χ2v) is 4.24. The van der Waals surface area contributed by atoms with E-state index in [1.54, 1.807) is 0 Å². The Morgan fingerprint density at radius 1 is 0.947 bits per heavy atom. The van der Waals surface area contributed by atoms with Gasteiger partial charge in [0.2, 0.25) is 0 Å². The maximum absolute atomic E-state index is 5.63. The SMILES string of the molecule is CCCCOCCOCCOc1ccccc1CN. The monoisotopic (exact) mass is 267 g/mol. The van der Waals surface area contributed by atoms with Crippen molar-refractivity contribution in [2.45, 2.75) is 26.3 Å². The van der Waals surface area contributed by atoms with Crippen LogP contribution in [0.1, 0.15) is 25.3 Å². The summed E-state index contributed by atoms with van der Waals surface area (Å²) in [5, 5.41) is 0. The van der Waals surface area contributed by atoms with Gasteiger partial charge >= 0.3 is 0 Å². The average Bonchev–Trinajstić information content (AvgIpc) is 2.46. The highest BCUT2D eigenvalue weighted by molar-refractivity contribution is 5.32. The summed E-state index contributed by atoms with van der Waals surface area (Å²) in [6, 6.07) is 7.80. The van der Waals surface area contributed by atoms with Gasteiger partial charge < -0.3 is 19.9 Å². The molecule has 4 nitrogen and oxygen atoms in total. The predicted octanol–water partition coefficient (Wildman–Crippen LogP) is 2.36. The zero-order chi connectivity index (χ0) is 13.8. The first kappa shape index (κ1) is 16.0. The van der Waals surface area contributed by atoms with E-state index in [1.165, 1.54) is 0 Å². The molecule has 108 valence electrons. The molecule has 0 aliphatic rings. The van der Waals surface area contributed by atoms with Crippen molar-refractivity contribution in [1.82, 2.24) is 0 Å². The van der Waals surface area contributed by atoms with E-state index in [-0.39, 0.29) is 0 Å². The van der Waals surface area contributed by atoms with Crippen LogP contribution in [0.5, 0.6) is 5.75 Å². The van der Waals surface area contributed by atoms with Crippen molar-refractivity contribution >= 4 is 0 Å². The van der Waals surface area contributed by atoms with Gasteiger partial charge in [-0.25, -0.2) is 0 Å². The normalized spacial score (nSPS) is 10.6. The van der Waals surface area contributed by atoms with Crippen LogP contribution in [0.2, 0.25) is 0 Å². The van der Waals surface area contributed by atoms with Crippen LogP contribution in [0.25, 0.3) is 0 Å². The predicted molar refractivity (Wildman–Crippen MR) is 76.4 cm³/mol. The molecule has 0 radical (unpaired) electrons. The molecule has 19 heavy (non-hydrogen) atoms. The smallest absolute Gasteiger partial charge is 0.123 e. The Labute approximate surface area is 115 Å². The topological polar surface area (TPSA) is 53.7 Å². The molecule has 0 fully saturated rings. The molecule has 0 atom stereocenters. The van der Waals surface area contributed by atoms with Gasteiger partial charge in [-0.3, -0.25) is 0 Å². The minimum absolute atomic E-state index is 0.488. The minimum atomic E-state index is 0.488. The Hall–Kier alpha value is -1.10. The summed E-state index contributed by atoms with van der Waals surface area (Å²) in [5.74, 6) is 0.841. The molecule has 4 heteroatoms. The summed E-state index contributed by atoms with van der Waals surface area (Å²) < 4.78 is 16.4. The molecule has 0 bridgehead atoms. The quantitative estimate of drug-likeness (QED) is 0.625. The van der Waals surface area contributed by atoms with E-state index >= 15 is 0 Å². The van der Waals surface area contributed by atoms with E-state index in [0.717, 1.165) is 30.8 Å². The number of unbranched alkanes of at least 4 members (excludes halogenated alkanes) is 1. The molecule has 0 saturated heterocycles. The van der Waals surface area contributed by atoms with Gasteiger partial charge in [0, 0.05) is 18.7 Å². The van der Waals surface area contributed by atoms with Crippen LogP contribution in [-0.4, -0.2) is 33.0 Å². The van der Waals surface area contributed by atoms with Crippen LogP contribution in [-0.2, 0) is 16.0 Å². The highest BCUT2D eigenvalue weighted by Crippen LogP contribution is 2.16. The highest BCUT2D eigenvalue weighted by atomic mass is 16.5. The van der Waals surface area contributed by atoms with E-state index in [1.807, 2.05) is 24.3 Å². The summed E-state index contributed by atoms with van der Waals surface area (Å²) in [7, 11) is 0. The lowest BCUT2D eigenvalue weighted by Gasteiger charge is -2.10. The van der Waals surface area contributed by atoms with Gasteiger partial charge in [0.1, 0.15) is 12.4 Å². The number of ether oxygens (including phenoxy) is 3. The lowest BCUT2D eigenvalue weighted by molar-refractivity contribution is 0.0355. The maximum Gasteiger partial charge on any atom is 0.123 e. The van der Waals surface area contributed by atoms with E-state index in [0.29, 0.717) is 33.0 Å². The summed E-state index contributed by atoms with van der Waals surface area (Å²) in [4.78, 5) is 0. The first-order chi connectivity index (χ1) is 9.38. The molecule has 0 amide bonds. The van der Waals surface area contributed by atoms with Crippen molar-refractivity contribution in [3.05, 3.63) is 29.8 Å². The van der Waals surface area contributed by atoms with Crippen LogP contribution in [0.4, 0.5) is 0 Å². The fourth-order valence-corrected chi connectivity index (χ4v) is 1.59. The lowest BCUT2D eigenvalue weighted by Crippen LogP contribution is -2.12. The van der Waals surface area contributed by atoms with Crippen LogP contribution in [0.15, 0.2) is 24.3 Å². The largest absolute Gasteiger partial charge is 0.491 e. The van der Waals surface area contributed by atoms with Crippen LogP contribution in [0.3, 0.4) is 0 Å². The Bertz CT molecular complexity index is 331. The average molecular weight is 267 g/mol. The molecule has 0 spiro atoms. The van der Waals surface area contributed by atoms with Gasteiger partial charge in [-0.2, -0.15) is 0 Å². The van der Waals surface area contributed by atoms with E-state index < -0.39 is 0 Å². The molecule has 0 aliphatic heterocycles. The molecule has 0 aliphatic carbocycles. The Morgan fingerprint density at radius 2 is 1.63 bits per heavy atom. The van der Waals surface area contributed by atoms with E-state index in [2.05, 4.69) is 6.92 Å². The van der Waals surface area contributed by atoms with Gasteiger partial charge in [0.15, 0.2) is 0 Å². The first-order valence-corrected chi connectivity index (χ1v) is 6.94. The van der Waals surface area contributed by atoms with Gasteiger partial charge in [-0.1, -0.05) is 31.5 Å². The van der Waals surface area contributed by atoms with Gasteiger partial charge in [0.05, 0.1) is 19.8 Å². The van der Waals surface area contributed by atoms with Crippen molar-refractivity contribution in [3.63, 3.8) is 0 Å². The van der Waals surface area contributed by atoms with Gasteiger partial charge in [0.25, 0.3) is 0 Å². The summed E-state index contributed by atoms with van der Waals surface area (Å²) in [6.45, 7) is 5.83. The highest BCUT2D eigenvalue weighted by Gasteiger charge is 2.00. The van der Waals surface area contributed by atoms with Crippen LogP contribution >= 0.6 is 0 Å². The summed E-state index contributed by atoms with van der Waals surface area (Å²) >= 11 is 0. The number of para-hydroxylation sites is 1. The maximum atomic E-state index is 5.63. The molecule has 1 aromatic carbocycles. The van der Waals surface area contributed by atoms with Gasteiger partial charge in [-0.15, -0.1) is 0 Å². The molecular formula is C15H25NO3. The first-order valence-electron chi connectivity index (χ1n) is 6.94. The van der Waals surface area contributed by atoms with Crippen LogP contribution < -0.4 is 10.5 Å². The third-order valence-corrected chi connectivity index (χ3v) is 2.69. The van der Waals surface area contributed by atoms with Crippen molar-refractivity contribution in [1.29, 1.82) is 0 Å². The van der Waals surface area contributed by atoms with E-state index in [9.17, 15) is 0 Å². The number of benzene rings is 1. The summed E-state index contributed by atoms with van der Waals surface area (Å²) in [6.07, 6.45) is 2.27. The second-order valence-electron chi connectivity index (χ2n) is 4.24. The van der Waals surface area contributed by atoms with Crippen molar-refractivity contribution in [2.75, 3.05) is 33.0 Å². The molecule has 1 rings (SSSR count).